The highest BCUT2D eigenvalue weighted by Gasteiger charge is 2.22. The number of nitrogens with one attached hydrogen (secondary N) is 1. The Bertz CT molecular complexity index is 822. The van der Waals surface area contributed by atoms with E-state index in [1.54, 1.807) is 25.3 Å². The molecule has 2 aromatic rings. The third kappa shape index (κ3) is 3.83. The Morgan fingerprint density at radius 2 is 1.81 bits per heavy atom. The molecular formula is C18H21ClN4O3. The molecule has 1 amide bonds. The van der Waals surface area contributed by atoms with Gasteiger partial charge in [-0.1, -0.05) is 11.6 Å². The van der Waals surface area contributed by atoms with Crippen molar-refractivity contribution in [2.75, 3.05) is 32.6 Å². The van der Waals surface area contributed by atoms with Gasteiger partial charge in [-0.2, -0.15) is 0 Å². The standard InChI is InChI=1S/C18H21ClN4O3/c1-11-8-14(17(24)23-6-4-5-7-23)22-18(20-11)21-13-10-15(25-2)12(19)9-16(13)26-3/h8-10H,4-7H2,1-3H3,(H,20,21,22). The average Bonchev–Trinajstić information content (AvgIpc) is 3.16. The van der Waals surface area contributed by atoms with Crippen LogP contribution in [0.3, 0.4) is 0 Å². The minimum Gasteiger partial charge on any atom is -0.495 e. The Balaban J connectivity index is 1.92. The van der Waals surface area contributed by atoms with Gasteiger partial charge in [0, 0.05) is 30.9 Å². The van der Waals surface area contributed by atoms with Crippen LogP contribution in [0.2, 0.25) is 5.02 Å². The van der Waals surface area contributed by atoms with E-state index in [9.17, 15) is 4.79 Å². The fourth-order valence-corrected chi connectivity index (χ4v) is 3.13. The zero-order valence-electron chi connectivity index (χ0n) is 15.0. The van der Waals surface area contributed by atoms with Crippen molar-refractivity contribution in [3.63, 3.8) is 0 Å². The van der Waals surface area contributed by atoms with Gasteiger partial charge in [0.15, 0.2) is 0 Å². The number of amides is 1. The quantitative estimate of drug-likeness (QED) is 0.861. The maximum absolute atomic E-state index is 12.6. The first-order valence-corrected chi connectivity index (χ1v) is 8.73. The van der Waals surface area contributed by atoms with Gasteiger partial charge in [0.2, 0.25) is 5.95 Å². The van der Waals surface area contributed by atoms with E-state index in [-0.39, 0.29) is 5.91 Å². The Hall–Kier alpha value is -2.54. The number of carbonyl (C=O) groups excluding carboxylic acids is 1. The SMILES string of the molecule is COc1cc(Nc2nc(C)cc(C(=O)N3CCCC3)n2)c(OC)cc1Cl. The number of aryl methyl sites for hydroxylation is 1. The fraction of sp³-hybridized carbons (Fsp3) is 0.389. The zero-order valence-corrected chi connectivity index (χ0v) is 15.8. The molecule has 0 radical (unpaired) electrons. The van der Waals surface area contributed by atoms with Crippen molar-refractivity contribution in [3.8, 4) is 11.5 Å². The number of nitrogens with zero attached hydrogens (tertiary/aromatic N) is 3. The fourth-order valence-electron chi connectivity index (χ4n) is 2.89. The molecule has 26 heavy (non-hydrogen) atoms. The van der Waals surface area contributed by atoms with Gasteiger partial charge in [0.25, 0.3) is 5.91 Å². The molecule has 1 saturated heterocycles. The first-order chi connectivity index (χ1) is 12.5. The largest absolute Gasteiger partial charge is 0.495 e. The van der Waals surface area contributed by atoms with Crippen LogP contribution in [0.1, 0.15) is 29.0 Å². The summed E-state index contributed by atoms with van der Waals surface area (Å²) in [5.41, 5.74) is 1.67. The van der Waals surface area contributed by atoms with Gasteiger partial charge < -0.3 is 19.7 Å². The topological polar surface area (TPSA) is 76.6 Å². The second-order valence-corrected chi connectivity index (χ2v) is 6.44. The number of hydrogen-bond acceptors (Lipinski definition) is 6. The van der Waals surface area contributed by atoms with Crippen LogP contribution in [-0.2, 0) is 0 Å². The third-order valence-corrected chi connectivity index (χ3v) is 4.48. The molecule has 0 atom stereocenters. The minimum absolute atomic E-state index is 0.0725. The smallest absolute Gasteiger partial charge is 0.272 e. The van der Waals surface area contributed by atoms with Crippen LogP contribution in [0, 0.1) is 6.92 Å². The van der Waals surface area contributed by atoms with E-state index >= 15 is 0 Å². The van der Waals surface area contributed by atoms with Crippen LogP contribution in [-0.4, -0.2) is 48.1 Å². The summed E-state index contributed by atoms with van der Waals surface area (Å²) >= 11 is 6.13. The van der Waals surface area contributed by atoms with Crippen molar-refractivity contribution in [3.05, 3.63) is 34.6 Å². The summed E-state index contributed by atoms with van der Waals surface area (Å²) in [5, 5.41) is 3.53. The molecule has 0 unspecified atom stereocenters. The highest BCUT2D eigenvalue weighted by atomic mass is 35.5. The number of benzene rings is 1. The van der Waals surface area contributed by atoms with Crippen LogP contribution < -0.4 is 14.8 Å². The van der Waals surface area contributed by atoms with Crippen molar-refractivity contribution in [1.82, 2.24) is 14.9 Å². The first-order valence-electron chi connectivity index (χ1n) is 8.35. The number of likely N-dealkylation sites (tertiary alicyclic amines) is 1. The molecule has 0 bridgehead atoms. The molecule has 3 rings (SSSR count). The molecule has 2 heterocycles. The van der Waals surface area contributed by atoms with E-state index in [2.05, 4.69) is 15.3 Å². The molecule has 0 saturated carbocycles. The summed E-state index contributed by atoms with van der Waals surface area (Å²) in [6.45, 7) is 3.37. The summed E-state index contributed by atoms with van der Waals surface area (Å²) in [4.78, 5) is 23.2. The third-order valence-electron chi connectivity index (χ3n) is 4.19. The predicted octanol–water partition coefficient (Wildman–Crippen LogP) is 3.44. The van der Waals surface area contributed by atoms with Crippen LogP contribution in [0.4, 0.5) is 11.6 Å². The Kier molecular flexibility index (Phi) is 5.46. The lowest BCUT2D eigenvalue weighted by Gasteiger charge is -2.16. The lowest BCUT2D eigenvalue weighted by molar-refractivity contribution is 0.0787. The molecule has 1 N–H and O–H groups in total. The van der Waals surface area contributed by atoms with Crippen molar-refractivity contribution < 1.29 is 14.3 Å². The summed E-state index contributed by atoms with van der Waals surface area (Å²) in [5.74, 6) is 1.26. The maximum atomic E-state index is 12.6. The number of halogens is 1. The van der Waals surface area contributed by atoms with Gasteiger partial charge in [-0.25, -0.2) is 9.97 Å². The highest BCUT2D eigenvalue weighted by molar-refractivity contribution is 6.32. The number of carbonyl (C=O) groups is 1. The van der Waals surface area contributed by atoms with Crippen LogP contribution in [0.15, 0.2) is 18.2 Å². The molecule has 1 aliphatic heterocycles. The Labute approximate surface area is 157 Å². The lowest BCUT2D eigenvalue weighted by Crippen LogP contribution is -2.28. The normalized spacial score (nSPS) is 13.6. The summed E-state index contributed by atoms with van der Waals surface area (Å²) in [6.07, 6.45) is 2.06. The van der Waals surface area contributed by atoms with Crippen LogP contribution in [0.5, 0.6) is 11.5 Å². The van der Waals surface area contributed by atoms with E-state index in [0.717, 1.165) is 25.9 Å². The van der Waals surface area contributed by atoms with E-state index in [1.165, 1.54) is 7.11 Å². The van der Waals surface area contributed by atoms with Gasteiger partial charge in [-0.15, -0.1) is 0 Å². The highest BCUT2D eigenvalue weighted by Crippen LogP contribution is 2.36. The van der Waals surface area contributed by atoms with E-state index in [1.807, 2.05) is 11.8 Å². The number of rotatable bonds is 5. The summed E-state index contributed by atoms with van der Waals surface area (Å²) in [7, 11) is 3.08. The second-order valence-electron chi connectivity index (χ2n) is 6.03. The molecule has 0 aliphatic carbocycles. The Morgan fingerprint density at radius 1 is 1.12 bits per heavy atom. The average molecular weight is 377 g/mol. The molecule has 138 valence electrons. The molecule has 1 aliphatic rings. The monoisotopic (exact) mass is 376 g/mol. The maximum Gasteiger partial charge on any atom is 0.272 e. The van der Waals surface area contributed by atoms with Crippen molar-refractivity contribution in [2.24, 2.45) is 0 Å². The van der Waals surface area contributed by atoms with Gasteiger partial charge >= 0.3 is 0 Å². The van der Waals surface area contributed by atoms with Gasteiger partial charge in [-0.3, -0.25) is 4.79 Å². The zero-order chi connectivity index (χ0) is 18.7. The molecule has 1 fully saturated rings. The molecule has 0 spiro atoms. The molecule has 8 heteroatoms. The van der Waals surface area contributed by atoms with E-state index in [4.69, 9.17) is 21.1 Å². The molecular weight excluding hydrogens is 356 g/mol. The van der Waals surface area contributed by atoms with Crippen molar-refractivity contribution in [1.29, 1.82) is 0 Å². The molecule has 1 aromatic heterocycles. The summed E-state index contributed by atoms with van der Waals surface area (Å²) in [6, 6.07) is 5.05. The van der Waals surface area contributed by atoms with Gasteiger partial charge in [0.1, 0.15) is 17.2 Å². The summed E-state index contributed by atoms with van der Waals surface area (Å²) < 4.78 is 10.6. The first kappa shape index (κ1) is 18.3. The van der Waals surface area contributed by atoms with E-state index in [0.29, 0.717) is 39.5 Å². The lowest BCUT2D eigenvalue weighted by atomic mass is 10.2. The van der Waals surface area contributed by atoms with Crippen LogP contribution in [0.25, 0.3) is 0 Å². The second kappa shape index (κ2) is 7.78. The number of methoxy groups -OCH3 is 2. The van der Waals surface area contributed by atoms with Crippen LogP contribution >= 0.6 is 11.6 Å². The number of aromatic nitrogens is 2. The van der Waals surface area contributed by atoms with Crippen molar-refractivity contribution >= 4 is 29.1 Å². The predicted molar refractivity (Wildman–Crippen MR) is 99.7 cm³/mol. The van der Waals surface area contributed by atoms with Gasteiger partial charge in [0.05, 0.1) is 24.9 Å². The van der Waals surface area contributed by atoms with Crippen molar-refractivity contribution in [2.45, 2.75) is 19.8 Å². The van der Waals surface area contributed by atoms with E-state index < -0.39 is 0 Å². The molecule has 7 nitrogen and oxygen atoms in total. The molecule has 1 aromatic carbocycles. The minimum atomic E-state index is -0.0725. The number of hydrogen-bond donors (Lipinski definition) is 1. The number of ether oxygens (including phenoxy) is 2. The Morgan fingerprint density at radius 3 is 2.46 bits per heavy atom. The van der Waals surface area contributed by atoms with Gasteiger partial charge in [-0.05, 0) is 25.8 Å². The number of anilines is 2.